The van der Waals surface area contributed by atoms with Crippen LogP contribution in [-0.4, -0.2) is 15.1 Å². The van der Waals surface area contributed by atoms with E-state index in [1.807, 2.05) is 30.3 Å². The number of hydrogen-bond acceptors (Lipinski definition) is 4. The molecule has 0 aliphatic carbocycles. The second-order valence-electron chi connectivity index (χ2n) is 4.09. The number of aliphatic hydroxyl groups excluding tert-OH is 1. The minimum absolute atomic E-state index is 0.133. The fourth-order valence-electron chi connectivity index (χ4n) is 1.95. The molecule has 19 heavy (non-hydrogen) atoms. The highest BCUT2D eigenvalue weighted by Gasteiger charge is 2.24. The van der Waals surface area contributed by atoms with Crippen molar-refractivity contribution < 1.29 is 9.84 Å². The fraction of sp³-hybridized carbons (Fsp3) is 0.0769. The topological polar surface area (TPSA) is 78.1 Å². The van der Waals surface area contributed by atoms with Gasteiger partial charge in [0.1, 0.15) is 17.4 Å². The van der Waals surface area contributed by atoms with Crippen LogP contribution in [0.2, 0.25) is 0 Å². The van der Waals surface area contributed by atoms with Crippen LogP contribution in [0.1, 0.15) is 17.2 Å². The number of benzene rings is 1. The number of hydrogen-bond donors (Lipinski definition) is 3. The summed E-state index contributed by atoms with van der Waals surface area (Å²) in [5.74, 6) is 0.666. The molecule has 1 aromatic heterocycles. The Morgan fingerprint density at radius 2 is 1.95 bits per heavy atom. The predicted octanol–water partition coefficient (Wildman–Crippen LogP) is 1.90. The van der Waals surface area contributed by atoms with Gasteiger partial charge in [0.2, 0.25) is 5.88 Å². The molecule has 0 saturated heterocycles. The molecule has 1 aliphatic heterocycles. The van der Waals surface area contributed by atoms with Gasteiger partial charge in [0, 0.05) is 5.56 Å². The Hall–Kier alpha value is -2.18. The molecule has 2 heterocycles. The molecule has 1 atom stereocenters. The van der Waals surface area contributed by atoms with E-state index in [1.165, 1.54) is 6.08 Å². The highest BCUT2D eigenvalue weighted by Crippen LogP contribution is 2.31. The van der Waals surface area contributed by atoms with Crippen LogP contribution in [-0.2, 0) is 0 Å². The smallest absolute Gasteiger partial charge is 0.261 e. The molecule has 6 heteroatoms. The molecule has 96 valence electrons. The molecule has 0 bridgehead atoms. The standard InChI is InChI=1S/C13H10N2O3S/c16-8-6-9(7-4-2-1-3-5-7)18-12-10(8)11(17)14-13(19)15-12/h1-6,8,16H,(H2,14,15,17,19)/t8-/m1/s1. The molecule has 0 amide bonds. The van der Waals surface area contributed by atoms with Gasteiger partial charge in [-0.05, 0) is 18.3 Å². The van der Waals surface area contributed by atoms with E-state index in [9.17, 15) is 9.90 Å². The average Bonchev–Trinajstić information content (AvgIpc) is 2.38. The van der Waals surface area contributed by atoms with Crippen molar-refractivity contribution in [2.75, 3.05) is 0 Å². The van der Waals surface area contributed by atoms with Gasteiger partial charge < -0.3 is 14.8 Å². The van der Waals surface area contributed by atoms with Gasteiger partial charge in [-0.15, -0.1) is 0 Å². The largest absolute Gasteiger partial charge is 0.440 e. The third-order valence-corrected chi connectivity index (χ3v) is 3.02. The minimum Gasteiger partial charge on any atom is -0.440 e. The molecule has 0 unspecified atom stereocenters. The number of ether oxygens (including phenoxy) is 1. The molecule has 0 spiro atoms. The van der Waals surface area contributed by atoms with Crippen molar-refractivity contribution in [1.82, 2.24) is 9.97 Å². The molecule has 0 fully saturated rings. The van der Waals surface area contributed by atoms with Crippen molar-refractivity contribution in [1.29, 1.82) is 0 Å². The van der Waals surface area contributed by atoms with Gasteiger partial charge in [-0.3, -0.25) is 9.78 Å². The summed E-state index contributed by atoms with van der Waals surface area (Å²) in [5.41, 5.74) is 0.495. The van der Waals surface area contributed by atoms with E-state index in [-0.39, 0.29) is 16.2 Å². The van der Waals surface area contributed by atoms with E-state index >= 15 is 0 Å². The second-order valence-corrected chi connectivity index (χ2v) is 4.50. The van der Waals surface area contributed by atoms with Crippen LogP contribution in [0.5, 0.6) is 5.88 Å². The van der Waals surface area contributed by atoms with Gasteiger partial charge in [-0.2, -0.15) is 0 Å². The van der Waals surface area contributed by atoms with Crippen molar-refractivity contribution in [3.8, 4) is 5.88 Å². The number of aliphatic hydroxyl groups is 1. The van der Waals surface area contributed by atoms with Crippen LogP contribution in [0.3, 0.4) is 0 Å². The number of aromatic nitrogens is 2. The monoisotopic (exact) mass is 274 g/mol. The lowest BCUT2D eigenvalue weighted by Gasteiger charge is -2.20. The molecule has 0 saturated carbocycles. The number of nitrogens with one attached hydrogen (secondary N) is 2. The van der Waals surface area contributed by atoms with Gasteiger partial charge in [-0.25, -0.2) is 0 Å². The summed E-state index contributed by atoms with van der Waals surface area (Å²) in [6.07, 6.45) is 0.457. The lowest BCUT2D eigenvalue weighted by atomic mass is 10.1. The van der Waals surface area contributed by atoms with Crippen LogP contribution in [0, 0.1) is 4.77 Å². The van der Waals surface area contributed by atoms with E-state index < -0.39 is 11.7 Å². The van der Waals surface area contributed by atoms with E-state index in [0.717, 1.165) is 5.56 Å². The van der Waals surface area contributed by atoms with Gasteiger partial charge >= 0.3 is 0 Å². The summed E-state index contributed by atoms with van der Waals surface area (Å²) in [6, 6.07) is 9.31. The molecule has 2 aromatic rings. The van der Waals surface area contributed by atoms with Crippen molar-refractivity contribution >= 4 is 18.0 Å². The first-order valence-corrected chi connectivity index (χ1v) is 6.05. The molecule has 1 aliphatic rings. The van der Waals surface area contributed by atoms with Crippen LogP contribution < -0.4 is 10.3 Å². The molecule has 0 radical (unpaired) electrons. The quantitative estimate of drug-likeness (QED) is 0.694. The second kappa shape index (κ2) is 4.49. The number of rotatable bonds is 1. The zero-order valence-corrected chi connectivity index (χ0v) is 10.5. The van der Waals surface area contributed by atoms with Crippen molar-refractivity contribution in [2.45, 2.75) is 6.10 Å². The average molecular weight is 274 g/mol. The van der Waals surface area contributed by atoms with Crippen LogP contribution in [0.4, 0.5) is 0 Å². The van der Waals surface area contributed by atoms with Gasteiger partial charge in [0.25, 0.3) is 5.56 Å². The molecular weight excluding hydrogens is 264 g/mol. The van der Waals surface area contributed by atoms with Crippen LogP contribution in [0.25, 0.3) is 5.76 Å². The van der Waals surface area contributed by atoms with Crippen LogP contribution in [0.15, 0.2) is 41.2 Å². The zero-order chi connectivity index (χ0) is 13.4. The first kappa shape index (κ1) is 11.9. The number of aromatic amines is 2. The fourth-order valence-corrected chi connectivity index (χ4v) is 2.14. The zero-order valence-electron chi connectivity index (χ0n) is 9.71. The Morgan fingerprint density at radius 3 is 2.68 bits per heavy atom. The number of H-pyrrole nitrogens is 2. The van der Waals surface area contributed by atoms with Gasteiger partial charge in [0.15, 0.2) is 4.77 Å². The summed E-state index contributed by atoms with van der Waals surface area (Å²) in [6.45, 7) is 0. The maximum Gasteiger partial charge on any atom is 0.261 e. The minimum atomic E-state index is -1.03. The van der Waals surface area contributed by atoms with Gasteiger partial charge in [-0.1, -0.05) is 30.3 Å². The van der Waals surface area contributed by atoms with E-state index in [4.69, 9.17) is 17.0 Å². The van der Waals surface area contributed by atoms with Crippen molar-refractivity contribution in [2.24, 2.45) is 0 Å². The normalized spacial score (nSPS) is 17.3. The lowest BCUT2D eigenvalue weighted by molar-refractivity contribution is 0.213. The Balaban J connectivity index is 2.12. The maximum atomic E-state index is 11.7. The summed E-state index contributed by atoms with van der Waals surface area (Å²) < 4.78 is 5.77. The summed E-state index contributed by atoms with van der Waals surface area (Å²) >= 11 is 4.89. The van der Waals surface area contributed by atoms with Crippen molar-refractivity contribution in [3.05, 3.63) is 62.7 Å². The molecule has 3 N–H and O–H groups in total. The SMILES string of the molecule is O=c1[nH]c(=S)[nH]c2c1[C@H](O)C=C(c1ccccc1)O2. The summed E-state index contributed by atoms with van der Waals surface area (Å²) in [5, 5.41) is 10.0. The molecule has 3 rings (SSSR count). The molecule has 1 aromatic carbocycles. The summed E-state index contributed by atoms with van der Waals surface area (Å²) in [7, 11) is 0. The van der Waals surface area contributed by atoms with E-state index in [1.54, 1.807) is 0 Å². The third kappa shape index (κ3) is 2.11. The van der Waals surface area contributed by atoms with E-state index in [0.29, 0.717) is 5.76 Å². The highest BCUT2D eigenvalue weighted by molar-refractivity contribution is 7.71. The Morgan fingerprint density at radius 1 is 1.21 bits per heavy atom. The van der Waals surface area contributed by atoms with Crippen molar-refractivity contribution in [3.63, 3.8) is 0 Å². The third-order valence-electron chi connectivity index (χ3n) is 2.82. The Bertz CT molecular complexity index is 761. The molecule has 5 nitrogen and oxygen atoms in total. The maximum absolute atomic E-state index is 11.7. The Kier molecular flexibility index (Phi) is 2.81. The van der Waals surface area contributed by atoms with Crippen LogP contribution >= 0.6 is 12.2 Å². The lowest BCUT2D eigenvalue weighted by Crippen LogP contribution is -2.22. The predicted molar refractivity (Wildman–Crippen MR) is 72.3 cm³/mol. The first-order chi connectivity index (χ1) is 9.15. The Labute approximate surface area is 113 Å². The first-order valence-electron chi connectivity index (χ1n) is 5.65. The number of fused-ring (bicyclic) bond motifs is 1. The molecular formula is C13H10N2O3S. The van der Waals surface area contributed by atoms with Gasteiger partial charge in [0.05, 0.1) is 0 Å². The van der Waals surface area contributed by atoms with E-state index in [2.05, 4.69) is 9.97 Å². The highest BCUT2D eigenvalue weighted by atomic mass is 32.1. The summed E-state index contributed by atoms with van der Waals surface area (Å²) in [4.78, 5) is 16.9.